The van der Waals surface area contributed by atoms with Crippen molar-refractivity contribution in [3.8, 4) is 0 Å². The van der Waals surface area contributed by atoms with Gasteiger partial charge in [0.25, 0.3) is 0 Å². The van der Waals surface area contributed by atoms with Crippen LogP contribution in [-0.2, 0) is 18.4 Å². The third-order valence-electron chi connectivity index (χ3n) is 3.98. The smallest absolute Gasteiger partial charge is 0.0723 e. The van der Waals surface area contributed by atoms with Crippen molar-refractivity contribution in [2.24, 2.45) is 5.73 Å². The Kier molecular flexibility index (Phi) is 4.52. The van der Waals surface area contributed by atoms with Gasteiger partial charge in [-0.05, 0) is 36.0 Å². The average Bonchev–Trinajstić information content (AvgIpc) is 2.89. The summed E-state index contributed by atoms with van der Waals surface area (Å²) < 4.78 is 2.02. The first-order valence-corrected chi connectivity index (χ1v) is 7.79. The van der Waals surface area contributed by atoms with E-state index < -0.39 is 0 Å². The number of hydrogen-bond donors (Lipinski definition) is 1. The van der Waals surface area contributed by atoms with Crippen molar-refractivity contribution >= 4 is 0 Å². The molecule has 0 aliphatic carbocycles. The SMILES string of the molecule is CCc1cc(C(N)c2ccc(C(C)(C)C)cc2)n(CC)n1. The Labute approximate surface area is 128 Å². The molecular formula is C18H27N3. The number of rotatable bonds is 4. The number of aryl methyl sites for hydroxylation is 2. The lowest BCUT2D eigenvalue weighted by Gasteiger charge is -2.20. The Balaban J connectivity index is 2.31. The lowest BCUT2D eigenvalue weighted by molar-refractivity contribution is 0.586. The van der Waals surface area contributed by atoms with Crippen molar-refractivity contribution in [2.45, 2.75) is 59.0 Å². The van der Waals surface area contributed by atoms with Gasteiger partial charge in [0, 0.05) is 6.54 Å². The monoisotopic (exact) mass is 285 g/mol. The van der Waals surface area contributed by atoms with Crippen LogP contribution in [0.25, 0.3) is 0 Å². The van der Waals surface area contributed by atoms with Gasteiger partial charge in [0.2, 0.25) is 0 Å². The number of aromatic nitrogens is 2. The molecule has 0 spiro atoms. The molecule has 3 nitrogen and oxygen atoms in total. The van der Waals surface area contributed by atoms with Crippen molar-refractivity contribution in [1.29, 1.82) is 0 Å². The largest absolute Gasteiger partial charge is 0.319 e. The predicted octanol–water partition coefficient (Wildman–Crippen LogP) is 3.81. The second-order valence-electron chi connectivity index (χ2n) is 6.58. The minimum absolute atomic E-state index is 0.119. The van der Waals surface area contributed by atoms with Gasteiger partial charge in [-0.3, -0.25) is 4.68 Å². The highest BCUT2D eigenvalue weighted by Gasteiger charge is 2.17. The van der Waals surface area contributed by atoms with Gasteiger partial charge < -0.3 is 5.73 Å². The van der Waals surface area contributed by atoms with E-state index in [1.54, 1.807) is 0 Å². The van der Waals surface area contributed by atoms with E-state index in [-0.39, 0.29) is 11.5 Å². The first-order valence-electron chi connectivity index (χ1n) is 7.79. The molecule has 1 atom stereocenters. The Bertz CT molecular complexity index is 588. The van der Waals surface area contributed by atoms with Crippen LogP contribution in [0.4, 0.5) is 0 Å². The number of nitrogens with zero attached hydrogens (tertiary/aromatic N) is 2. The van der Waals surface area contributed by atoms with Crippen molar-refractivity contribution in [2.75, 3.05) is 0 Å². The molecule has 0 amide bonds. The van der Waals surface area contributed by atoms with E-state index in [4.69, 9.17) is 5.73 Å². The van der Waals surface area contributed by atoms with Gasteiger partial charge in [-0.2, -0.15) is 5.10 Å². The van der Waals surface area contributed by atoms with E-state index >= 15 is 0 Å². The molecule has 0 bridgehead atoms. The van der Waals surface area contributed by atoms with Crippen molar-refractivity contribution < 1.29 is 0 Å². The van der Waals surface area contributed by atoms with Crippen LogP contribution >= 0.6 is 0 Å². The summed E-state index contributed by atoms with van der Waals surface area (Å²) in [7, 11) is 0. The van der Waals surface area contributed by atoms with Crippen LogP contribution in [0.15, 0.2) is 30.3 Å². The third-order valence-corrected chi connectivity index (χ3v) is 3.98. The summed E-state index contributed by atoms with van der Waals surface area (Å²) in [6.45, 7) is 11.7. The normalized spacial score (nSPS) is 13.4. The van der Waals surface area contributed by atoms with Crippen molar-refractivity contribution in [3.63, 3.8) is 0 Å². The van der Waals surface area contributed by atoms with Gasteiger partial charge in [0.15, 0.2) is 0 Å². The molecule has 114 valence electrons. The Morgan fingerprint density at radius 3 is 2.24 bits per heavy atom. The number of nitrogens with two attached hydrogens (primary N) is 1. The third kappa shape index (κ3) is 3.35. The van der Waals surface area contributed by atoms with Crippen LogP contribution in [0.3, 0.4) is 0 Å². The summed E-state index contributed by atoms with van der Waals surface area (Å²) in [5.74, 6) is 0. The number of hydrogen-bond acceptors (Lipinski definition) is 2. The van der Waals surface area contributed by atoms with Crippen LogP contribution in [0.5, 0.6) is 0 Å². The molecule has 0 fully saturated rings. The average molecular weight is 285 g/mol. The molecule has 3 heteroatoms. The fourth-order valence-electron chi connectivity index (χ4n) is 2.52. The Morgan fingerprint density at radius 2 is 1.76 bits per heavy atom. The molecular weight excluding hydrogens is 258 g/mol. The zero-order valence-corrected chi connectivity index (χ0v) is 13.9. The molecule has 0 saturated heterocycles. The minimum Gasteiger partial charge on any atom is -0.319 e. The van der Waals surface area contributed by atoms with E-state index in [0.717, 1.165) is 29.9 Å². The maximum absolute atomic E-state index is 6.46. The van der Waals surface area contributed by atoms with Crippen molar-refractivity contribution in [1.82, 2.24) is 9.78 Å². The molecule has 1 aromatic heterocycles. The van der Waals surface area contributed by atoms with Crippen LogP contribution in [0.2, 0.25) is 0 Å². The standard InChI is InChI=1S/C18H27N3/c1-6-15-12-16(21(7-2)20-15)17(19)13-8-10-14(11-9-13)18(3,4)5/h8-12,17H,6-7,19H2,1-5H3. The Morgan fingerprint density at radius 1 is 1.14 bits per heavy atom. The predicted molar refractivity (Wildman–Crippen MR) is 88.5 cm³/mol. The van der Waals surface area contributed by atoms with Crippen LogP contribution < -0.4 is 5.73 Å². The van der Waals surface area contributed by atoms with Crippen LogP contribution in [-0.4, -0.2) is 9.78 Å². The second-order valence-corrected chi connectivity index (χ2v) is 6.58. The molecule has 1 aromatic carbocycles. The molecule has 2 aromatic rings. The molecule has 21 heavy (non-hydrogen) atoms. The highest BCUT2D eigenvalue weighted by atomic mass is 15.3. The van der Waals surface area contributed by atoms with Crippen molar-refractivity contribution in [3.05, 3.63) is 52.8 Å². The zero-order valence-electron chi connectivity index (χ0n) is 13.9. The van der Waals surface area contributed by atoms with Gasteiger partial charge >= 0.3 is 0 Å². The molecule has 0 aliphatic heterocycles. The summed E-state index contributed by atoms with van der Waals surface area (Å²) in [6, 6.07) is 10.7. The van der Waals surface area contributed by atoms with Gasteiger partial charge in [-0.1, -0.05) is 52.0 Å². The molecule has 0 aliphatic rings. The molecule has 0 radical (unpaired) electrons. The minimum atomic E-state index is -0.119. The molecule has 2 N–H and O–H groups in total. The lowest BCUT2D eigenvalue weighted by atomic mass is 9.86. The van der Waals surface area contributed by atoms with Crippen LogP contribution in [0.1, 0.15) is 63.2 Å². The van der Waals surface area contributed by atoms with Gasteiger partial charge in [-0.25, -0.2) is 0 Å². The van der Waals surface area contributed by atoms with Gasteiger partial charge in [0.05, 0.1) is 17.4 Å². The first kappa shape index (κ1) is 15.8. The topological polar surface area (TPSA) is 43.8 Å². The quantitative estimate of drug-likeness (QED) is 0.928. The van der Waals surface area contributed by atoms with E-state index in [1.165, 1.54) is 5.56 Å². The summed E-state index contributed by atoms with van der Waals surface area (Å²) in [6.07, 6.45) is 0.940. The molecule has 2 rings (SSSR count). The van der Waals surface area contributed by atoms with E-state index in [1.807, 2.05) is 4.68 Å². The van der Waals surface area contributed by atoms with Crippen LogP contribution in [0, 0.1) is 0 Å². The lowest BCUT2D eigenvalue weighted by Crippen LogP contribution is -2.18. The van der Waals surface area contributed by atoms with E-state index in [2.05, 4.69) is 70.0 Å². The van der Waals surface area contributed by atoms with Gasteiger partial charge in [0.1, 0.15) is 0 Å². The van der Waals surface area contributed by atoms with E-state index in [9.17, 15) is 0 Å². The van der Waals surface area contributed by atoms with Gasteiger partial charge in [-0.15, -0.1) is 0 Å². The summed E-state index contributed by atoms with van der Waals surface area (Å²) in [5, 5.41) is 4.59. The highest BCUT2D eigenvalue weighted by molar-refractivity contribution is 5.33. The maximum Gasteiger partial charge on any atom is 0.0723 e. The fraction of sp³-hybridized carbons (Fsp3) is 0.500. The highest BCUT2D eigenvalue weighted by Crippen LogP contribution is 2.26. The molecule has 0 saturated carbocycles. The summed E-state index contributed by atoms with van der Waals surface area (Å²) in [4.78, 5) is 0. The maximum atomic E-state index is 6.46. The number of benzene rings is 1. The van der Waals surface area contributed by atoms with E-state index in [0.29, 0.717) is 0 Å². The summed E-state index contributed by atoms with van der Waals surface area (Å²) >= 11 is 0. The second kappa shape index (κ2) is 6.02. The molecule has 1 unspecified atom stereocenters. The Hall–Kier alpha value is -1.61. The molecule has 1 heterocycles. The fourth-order valence-corrected chi connectivity index (χ4v) is 2.52. The first-order chi connectivity index (χ1) is 9.86. The zero-order chi connectivity index (χ0) is 15.6. The summed E-state index contributed by atoms with van der Waals surface area (Å²) in [5.41, 5.74) is 11.3.